The number of rotatable bonds is 6. The SMILES string of the molecule is COc1cc([C@H](N)[C@H](O)CCC(C)C)ccc1Cl.Cl. The van der Waals surface area contributed by atoms with Crippen molar-refractivity contribution in [2.45, 2.75) is 38.8 Å². The lowest BCUT2D eigenvalue weighted by molar-refractivity contribution is 0.128. The second-order valence-corrected chi connectivity index (χ2v) is 5.37. The summed E-state index contributed by atoms with van der Waals surface area (Å²) in [5.74, 6) is 1.15. The summed E-state index contributed by atoms with van der Waals surface area (Å²) in [6.45, 7) is 4.26. The number of aliphatic hydroxyl groups is 1. The molecule has 0 spiro atoms. The molecule has 0 aliphatic heterocycles. The first-order valence-electron chi connectivity index (χ1n) is 6.22. The molecule has 1 rings (SSSR count). The lowest BCUT2D eigenvalue weighted by atomic mass is 9.96. The van der Waals surface area contributed by atoms with Crippen molar-refractivity contribution in [3.05, 3.63) is 28.8 Å². The monoisotopic (exact) mass is 307 g/mol. The highest BCUT2D eigenvalue weighted by atomic mass is 35.5. The van der Waals surface area contributed by atoms with E-state index in [1.165, 1.54) is 0 Å². The molecule has 0 radical (unpaired) electrons. The predicted molar refractivity (Wildman–Crippen MR) is 82.3 cm³/mol. The van der Waals surface area contributed by atoms with Gasteiger partial charge in [0.25, 0.3) is 0 Å². The highest BCUT2D eigenvalue weighted by molar-refractivity contribution is 6.32. The fourth-order valence-electron chi connectivity index (χ4n) is 1.79. The maximum Gasteiger partial charge on any atom is 0.137 e. The van der Waals surface area contributed by atoms with Gasteiger partial charge in [0, 0.05) is 0 Å². The van der Waals surface area contributed by atoms with Crippen molar-refractivity contribution < 1.29 is 9.84 Å². The Labute approximate surface area is 126 Å². The Morgan fingerprint density at radius 2 is 1.95 bits per heavy atom. The van der Waals surface area contributed by atoms with E-state index in [-0.39, 0.29) is 12.4 Å². The second kappa shape index (κ2) is 8.64. The third kappa shape index (κ3) is 5.57. The van der Waals surface area contributed by atoms with Crippen LogP contribution in [-0.2, 0) is 0 Å². The van der Waals surface area contributed by atoms with Gasteiger partial charge in [0.1, 0.15) is 5.75 Å². The van der Waals surface area contributed by atoms with Crippen molar-refractivity contribution in [3.63, 3.8) is 0 Å². The number of aliphatic hydroxyl groups excluding tert-OH is 1. The molecule has 1 aromatic rings. The van der Waals surface area contributed by atoms with Crippen LogP contribution in [0.3, 0.4) is 0 Å². The quantitative estimate of drug-likeness (QED) is 0.844. The van der Waals surface area contributed by atoms with Gasteiger partial charge >= 0.3 is 0 Å². The molecule has 0 unspecified atom stereocenters. The summed E-state index contributed by atoms with van der Waals surface area (Å²) in [7, 11) is 1.56. The van der Waals surface area contributed by atoms with Crippen LogP contribution < -0.4 is 10.5 Å². The summed E-state index contributed by atoms with van der Waals surface area (Å²) < 4.78 is 5.14. The first-order valence-corrected chi connectivity index (χ1v) is 6.60. The number of ether oxygens (including phenoxy) is 1. The molecular weight excluding hydrogens is 285 g/mol. The zero-order chi connectivity index (χ0) is 13.7. The normalized spacial score (nSPS) is 13.8. The number of benzene rings is 1. The summed E-state index contributed by atoms with van der Waals surface area (Å²) in [5.41, 5.74) is 6.89. The molecule has 3 N–H and O–H groups in total. The van der Waals surface area contributed by atoms with Crippen LogP contribution in [0.15, 0.2) is 18.2 Å². The highest BCUT2D eigenvalue weighted by Gasteiger charge is 2.18. The van der Waals surface area contributed by atoms with Crippen LogP contribution in [0.5, 0.6) is 5.75 Å². The number of hydrogen-bond acceptors (Lipinski definition) is 3. The van der Waals surface area contributed by atoms with Gasteiger partial charge in [-0.05, 0) is 36.5 Å². The second-order valence-electron chi connectivity index (χ2n) is 4.96. The summed E-state index contributed by atoms with van der Waals surface area (Å²) in [4.78, 5) is 0. The number of methoxy groups -OCH3 is 1. The largest absolute Gasteiger partial charge is 0.495 e. The molecule has 5 heteroatoms. The van der Waals surface area contributed by atoms with E-state index in [2.05, 4.69) is 13.8 Å². The number of hydrogen-bond donors (Lipinski definition) is 2. The third-order valence-electron chi connectivity index (χ3n) is 3.01. The van der Waals surface area contributed by atoms with Gasteiger partial charge in [-0.1, -0.05) is 31.5 Å². The molecule has 0 heterocycles. The highest BCUT2D eigenvalue weighted by Crippen LogP contribution is 2.29. The lowest BCUT2D eigenvalue weighted by Crippen LogP contribution is -2.26. The Balaban J connectivity index is 0.00000324. The molecule has 19 heavy (non-hydrogen) atoms. The maximum absolute atomic E-state index is 10.1. The molecule has 0 amide bonds. The van der Waals surface area contributed by atoms with Gasteiger partial charge in [-0.15, -0.1) is 12.4 Å². The summed E-state index contributed by atoms with van der Waals surface area (Å²) in [5, 5.41) is 10.6. The molecule has 3 nitrogen and oxygen atoms in total. The lowest BCUT2D eigenvalue weighted by Gasteiger charge is -2.20. The minimum absolute atomic E-state index is 0. The van der Waals surface area contributed by atoms with Crippen molar-refractivity contribution >= 4 is 24.0 Å². The van der Waals surface area contributed by atoms with E-state index in [1.807, 2.05) is 6.07 Å². The van der Waals surface area contributed by atoms with Crippen molar-refractivity contribution in [2.24, 2.45) is 11.7 Å². The minimum atomic E-state index is -0.543. The van der Waals surface area contributed by atoms with Crippen LogP contribution >= 0.6 is 24.0 Å². The van der Waals surface area contributed by atoms with E-state index in [1.54, 1.807) is 19.2 Å². The summed E-state index contributed by atoms with van der Waals surface area (Å²) in [6.07, 6.45) is 1.11. The van der Waals surface area contributed by atoms with Crippen LogP contribution in [-0.4, -0.2) is 18.3 Å². The molecular formula is C14H23Cl2NO2. The summed E-state index contributed by atoms with van der Waals surface area (Å²) >= 11 is 5.96. The molecule has 0 bridgehead atoms. The molecule has 0 aliphatic rings. The first kappa shape index (κ1) is 18.5. The smallest absolute Gasteiger partial charge is 0.137 e. The van der Waals surface area contributed by atoms with Gasteiger partial charge in [-0.25, -0.2) is 0 Å². The van der Waals surface area contributed by atoms with Crippen molar-refractivity contribution in [2.75, 3.05) is 7.11 Å². The van der Waals surface area contributed by atoms with Gasteiger partial charge in [-0.3, -0.25) is 0 Å². The fraction of sp³-hybridized carbons (Fsp3) is 0.571. The Hall–Kier alpha value is -0.480. The molecule has 0 aliphatic carbocycles. The fourth-order valence-corrected chi connectivity index (χ4v) is 1.98. The van der Waals surface area contributed by atoms with Gasteiger partial charge < -0.3 is 15.6 Å². The van der Waals surface area contributed by atoms with Gasteiger partial charge in [0.15, 0.2) is 0 Å². The van der Waals surface area contributed by atoms with Crippen LogP contribution in [0.25, 0.3) is 0 Å². The van der Waals surface area contributed by atoms with Crippen molar-refractivity contribution in [3.8, 4) is 5.75 Å². The number of nitrogens with two attached hydrogens (primary N) is 1. The standard InChI is InChI=1S/C14H22ClNO2.ClH/c1-9(2)4-7-12(17)14(16)10-5-6-11(15)13(8-10)18-3;/h5-6,8-9,12,14,17H,4,7,16H2,1-3H3;1H/t12-,14+;/m1./s1. The van der Waals surface area contributed by atoms with E-state index >= 15 is 0 Å². The number of halogens is 2. The van der Waals surface area contributed by atoms with Gasteiger partial charge in [0.05, 0.1) is 24.3 Å². The van der Waals surface area contributed by atoms with E-state index in [0.717, 1.165) is 12.0 Å². The molecule has 110 valence electrons. The Kier molecular flexibility index (Phi) is 8.42. The molecule has 1 aromatic carbocycles. The van der Waals surface area contributed by atoms with Crippen LogP contribution in [0.4, 0.5) is 0 Å². The zero-order valence-corrected chi connectivity index (χ0v) is 13.2. The molecule has 0 saturated carbocycles. The molecule has 0 aromatic heterocycles. The van der Waals surface area contributed by atoms with E-state index in [4.69, 9.17) is 22.1 Å². The van der Waals surface area contributed by atoms with Gasteiger partial charge in [0.2, 0.25) is 0 Å². The molecule has 2 atom stereocenters. The van der Waals surface area contributed by atoms with Crippen molar-refractivity contribution in [1.82, 2.24) is 0 Å². The minimum Gasteiger partial charge on any atom is -0.495 e. The Morgan fingerprint density at radius 1 is 1.32 bits per heavy atom. The Bertz CT molecular complexity index is 386. The average molecular weight is 308 g/mol. The Morgan fingerprint density at radius 3 is 2.47 bits per heavy atom. The topological polar surface area (TPSA) is 55.5 Å². The van der Waals surface area contributed by atoms with Crippen LogP contribution in [0.2, 0.25) is 5.02 Å². The molecule has 0 fully saturated rings. The van der Waals surface area contributed by atoms with Crippen molar-refractivity contribution in [1.29, 1.82) is 0 Å². The van der Waals surface area contributed by atoms with E-state index in [0.29, 0.717) is 23.1 Å². The molecule has 0 saturated heterocycles. The van der Waals surface area contributed by atoms with Crippen LogP contribution in [0, 0.1) is 5.92 Å². The third-order valence-corrected chi connectivity index (χ3v) is 3.33. The first-order chi connectivity index (χ1) is 8.45. The average Bonchev–Trinajstić information content (AvgIpc) is 2.35. The van der Waals surface area contributed by atoms with Gasteiger partial charge in [-0.2, -0.15) is 0 Å². The van der Waals surface area contributed by atoms with Crippen LogP contribution in [0.1, 0.15) is 38.3 Å². The zero-order valence-electron chi connectivity index (χ0n) is 11.6. The van der Waals surface area contributed by atoms with E-state index < -0.39 is 12.1 Å². The van der Waals surface area contributed by atoms with E-state index in [9.17, 15) is 5.11 Å². The predicted octanol–water partition coefficient (Wildman–Crippen LogP) is 3.57. The summed E-state index contributed by atoms with van der Waals surface area (Å²) in [6, 6.07) is 4.94. The maximum atomic E-state index is 10.1.